The van der Waals surface area contributed by atoms with Gasteiger partial charge in [0.1, 0.15) is 0 Å². The molecule has 2 aliphatic heterocycles. The van der Waals surface area contributed by atoms with Crippen LogP contribution in [0.2, 0.25) is 6.04 Å². The molecule has 2 rings (SSSR count). The van der Waals surface area contributed by atoms with Gasteiger partial charge >= 0.3 is 33.9 Å². The molecular formula is C14H18O8Si2. The Morgan fingerprint density at radius 3 is 2.04 bits per heavy atom. The Kier molecular flexibility index (Phi) is 7.76. The molecule has 0 N–H and O–H groups in total. The predicted molar refractivity (Wildman–Crippen MR) is 80.2 cm³/mol. The molecule has 2 fully saturated rings. The van der Waals surface area contributed by atoms with Gasteiger partial charge in [-0.25, -0.2) is 0 Å². The van der Waals surface area contributed by atoms with Gasteiger partial charge in [-0.1, -0.05) is 6.42 Å². The lowest BCUT2D eigenvalue weighted by molar-refractivity contribution is -0.155. The summed E-state index contributed by atoms with van der Waals surface area (Å²) in [6.07, 6.45) is 3.04. The van der Waals surface area contributed by atoms with E-state index in [4.69, 9.17) is 8.54 Å². The van der Waals surface area contributed by atoms with Crippen molar-refractivity contribution in [3.05, 3.63) is 0 Å². The van der Waals surface area contributed by atoms with Crippen molar-refractivity contribution in [1.29, 1.82) is 0 Å². The molecule has 2 heterocycles. The van der Waals surface area contributed by atoms with Crippen molar-refractivity contribution in [2.45, 2.75) is 44.6 Å². The molecular weight excluding hydrogens is 352 g/mol. The molecule has 0 amide bonds. The van der Waals surface area contributed by atoms with Crippen LogP contribution in [0.1, 0.15) is 38.5 Å². The molecule has 0 spiro atoms. The van der Waals surface area contributed by atoms with E-state index in [1.54, 1.807) is 0 Å². The molecule has 0 saturated carbocycles. The topological polar surface area (TPSA) is 105 Å². The van der Waals surface area contributed by atoms with Gasteiger partial charge in [-0.2, -0.15) is 0 Å². The number of hydrogen-bond donors (Lipinski definition) is 0. The van der Waals surface area contributed by atoms with Gasteiger partial charge in [0.05, 0.1) is 24.7 Å². The van der Waals surface area contributed by atoms with Crippen molar-refractivity contribution in [3.8, 4) is 0 Å². The van der Waals surface area contributed by atoms with E-state index in [1.807, 2.05) is 0 Å². The van der Waals surface area contributed by atoms with E-state index in [1.165, 1.54) is 0 Å². The second-order valence-corrected chi connectivity index (χ2v) is 7.66. The Morgan fingerprint density at radius 2 is 1.50 bits per heavy atom. The monoisotopic (exact) mass is 370 g/mol. The maximum atomic E-state index is 11.2. The van der Waals surface area contributed by atoms with Crippen LogP contribution in [-0.4, -0.2) is 50.3 Å². The number of cyclic esters (lactones) is 4. The molecule has 2 aliphatic rings. The van der Waals surface area contributed by atoms with Gasteiger partial charge < -0.3 is 18.0 Å². The fourth-order valence-electron chi connectivity index (χ4n) is 2.46. The van der Waals surface area contributed by atoms with Crippen LogP contribution in [-0.2, 0) is 37.2 Å². The van der Waals surface area contributed by atoms with Crippen LogP contribution < -0.4 is 0 Å². The van der Waals surface area contributed by atoms with E-state index in [-0.39, 0.29) is 44.4 Å². The third-order valence-electron chi connectivity index (χ3n) is 3.72. The Morgan fingerprint density at radius 1 is 0.917 bits per heavy atom. The molecule has 0 aromatic carbocycles. The third kappa shape index (κ3) is 6.26. The van der Waals surface area contributed by atoms with Gasteiger partial charge in [0.15, 0.2) is 0 Å². The molecule has 4 radical (unpaired) electrons. The summed E-state index contributed by atoms with van der Waals surface area (Å²) >= 11 is 0. The lowest BCUT2D eigenvalue weighted by Crippen LogP contribution is -2.12. The minimum Gasteiger partial charge on any atom is -0.434 e. The van der Waals surface area contributed by atoms with Crippen molar-refractivity contribution in [2.24, 2.45) is 11.8 Å². The van der Waals surface area contributed by atoms with E-state index in [0.717, 1.165) is 12.5 Å². The standard InChI is InChI=1S/C14H18O8Si2/c15-11-7-9(13(17)20-11)3-1-5-19-24-22-23-6-2-4-10-8-12(16)21-14(10)18/h9-10H,1-8H2. The fraction of sp³-hybridized carbons (Fsp3) is 0.714. The average molecular weight is 370 g/mol. The Bertz CT molecular complexity index is 451. The predicted octanol–water partition coefficient (Wildman–Crippen LogP) is 0.331. The fourth-order valence-corrected chi connectivity index (χ4v) is 3.91. The molecule has 0 aliphatic carbocycles. The summed E-state index contributed by atoms with van der Waals surface area (Å²) in [5.41, 5.74) is 0. The largest absolute Gasteiger partial charge is 0.434 e. The van der Waals surface area contributed by atoms with Crippen LogP contribution in [0.4, 0.5) is 0 Å². The smallest absolute Gasteiger partial charge is 0.421 e. The van der Waals surface area contributed by atoms with Crippen molar-refractivity contribution >= 4 is 43.6 Å². The van der Waals surface area contributed by atoms with Gasteiger partial charge in [-0.05, 0) is 25.3 Å². The third-order valence-corrected chi connectivity index (χ3v) is 5.52. The van der Waals surface area contributed by atoms with E-state index in [9.17, 15) is 19.2 Å². The first-order chi connectivity index (χ1) is 11.6. The van der Waals surface area contributed by atoms with E-state index in [0.29, 0.717) is 25.9 Å². The van der Waals surface area contributed by atoms with Crippen molar-refractivity contribution < 1.29 is 37.2 Å². The van der Waals surface area contributed by atoms with Crippen LogP contribution in [0, 0.1) is 11.8 Å². The van der Waals surface area contributed by atoms with Gasteiger partial charge in [-0.15, -0.1) is 0 Å². The lowest BCUT2D eigenvalue weighted by Gasteiger charge is -2.06. The Labute approximate surface area is 144 Å². The number of carbonyl (C=O) groups is 4. The first-order valence-electron chi connectivity index (χ1n) is 7.81. The highest BCUT2D eigenvalue weighted by atomic mass is 28.3. The van der Waals surface area contributed by atoms with E-state index >= 15 is 0 Å². The van der Waals surface area contributed by atoms with Crippen LogP contribution in [0.25, 0.3) is 0 Å². The minimum absolute atomic E-state index is 0.0654. The summed E-state index contributed by atoms with van der Waals surface area (Å²) in [6, 6.07) is 0.810. The van der Waals surface area contributed by atoms with Gasteiger partial charge in [-0.3, -0.25) is 19.2 Å². The molecule has 10 heteroatoms. The van der Waals surface area contributed by atoms with Crippen LogP contribution in [0.5, 0.6) is 0 Å². The first kappa shape index (κ1) is 19.0. The SMILES string of the molecule is O=C1CC(CCCO[Si]O[Si]CCCC2CC(=O)OC2=O)C(=O)O1. The van der Waals surface area contributed by atoms with E-state index < -0.39 is 23.9 Å². The first-order valence-corrected chi connectivity index (χ1v) is 9.74. The Hall–Kier alpha value is -1.37. The summed E-state index contributed by atoms with van der Waals surface area (Å²) in [4.78, 5) is 44.3. The molecule has 130 valence electrons. The van der Waals surface area contributed by atoms with Gasteiger partial charge in [0, 0.05) is 6.61 Å². The normalized spacial score (nSPS) is 23.7. The summed E-state index contributed by atoms with van der Waals surface area (Å²) < 4.78 is 19.6. The summed E-state index contributed by atoms with van der Waals surface area (Å²) in [7, 11) is 0.217. The highest BCUT2D eigenvalue weighted by Crippen LogP contribution is 2.22. The molecule has 0 bridgehead atoms. The average Bonchev–Trinajstić information content (AvgIpc) is 3.02. The van der Waals surface area contributed by atoms with Crippen molar-refractivity contribution in [3.63, 3.8) is 0 Å². The second-order valence-electron chi connectivity index (χ2n) is 5.60. The quantitative estimate of drug-likeness (QED) is 0.222. The number of ether oxygens (including phenoxy) is 2. The van der Waals surface area contributed by atoms with Crippen molar-refractivity contribution in [1.82, 2.24) is 0 Å². The second kappa shape index (κ2) is 9.81. The zero-order valence-electron chi connectivity index (χ0n) is 13.1. The molecule has 0 aromatic rings. The summed E-state index contributed by atoms with van der Waals surface area (Å²) in [6.45, 7) is 0.469. The molecule has 0 aromatic heterocycles. The van der Waals surface area contributed by atoms with Crippen LogP contribution >= 0.6 is 0 Å². The molecule has 24 heavy (non-hydrogen) atoms. The number of esters is 4. The molecule has 8 nitrogen and oxygen atoms in total. The Balaban J connectivity index is 1.37. The molecule has 2 saturated heterocycles. The maximum Gasteiger partial charge on any atom is 0.421 e. The van der Waals surface area contributed by atoms with Crippen LogP contribution in [0.15, 0.2) is 0 Å². The van der Waals surface area contributed by atoms with E-state index in [2.05, 4.69) is 9.47 Å². The zero-order valence-corrected chi connectivity index (χ0v) is 15.1. The summed E-state index contributed by atoms with van der Waals surface area (Å²) in [5, 5.41) is 0. The summed E-state index contributed by atoms with van der Waals surface area (Å²) in [5.74, 6) is -2.37. The lowest BCUT2D eigenvalue weighted by atomic mass is 10.0. The van der Waals surface area contributed by atoms with Crippen LogP contribution in [0.3, 0.4) is 0 Å². The minimum atomic E-state index is -0.451. The molecule has 2 atom stereocenters. The highest BCUT2D eigenvalue weighted by molar-refractivity contribution is 6.39. The zero-order chi connectivity index (χ0) is 17.4. The number of rotatable bonds is 11. The highest BCUT2D eigenvalue weighted by Gasteiger charge is 2.33. The van der Waals surface area contributed by atoms with Gasteiger partial charge in [0.2, 0.25) is 9.76 Å². The van der Waals surface area contributed by atoms with Gasteiger partial charge in [0.25, 0.3) is 0 Å². The molecule has 2 unspecified atom stereocenters. The number of carbonyl (C=O) groups excluding carboxylic acids is 4. The maximum absolute atomic E-state index is 11.2. The number of hydrogen-bond acceptors (Lipinski definition) is 8. The van der Waals surface area contributed by atoms with Crippen molar-refractivity contribution in [2.75, 3.05) is 6.61 Å².